The highest BCUT2D eigenvalue weighted by Crippen LogP contribution is 2.22. The van der Waals surface area contributed by atoms with Gasteiger partial charge in [-0.15, -0.1) is 11.3 Å². The van der Waals surface area contributed by atoms with Crippen LogP contribution in [-0.2, 0) is 16.6 Å². The zero-order chi connectivity index (χ0) is 14.8. The Morgan fingerprint density at radius 1 is 1.15 bits per heavy atom. The van der Waals surface area contributed by atoms with Crippen molar-refractivity contribution in [2.24, 2.45) is 0 Å². The molecule has 2 N–H and O–H groups in total. The van der Waals surface area contributed by atoms with E-state index in [4.69, 9.17) is 0 Å². The Labute approximate surface area is 123 Å². The summed E-state index contributed by atoms with van der Waals surface area (Å²) >= 11 is 1.69. The number of sulfonamides is 1. The SMILES string of the molecule is CNS(=O)(=O)c1cc(NCc2sccc2C)ccc1C. The van der Waals surface area contributed by atoms with Gasteiger partial charge >= 0.3 is 0 Å². The number of rotatable bonds is 5. The van der Waals surface area contributed by atoms with E-state index in [1.165, 1.54) is 17.5 Å². The van der Waals surface area contributed by atoms with Gasteiger partial charge in [-0.05, 0) is 55.6 Å². The molecular weight excluding hydrogens is 292 g/mol. The lowest BCUT2D eigenvalue weighted by molar-refractivity contribution is 0.587. The molecule has 0 amide bonds. The number of hydrogen-bond donors (Lipinski definition) is 2. The van der Waals surface area contributed by atoms with Gasteiger partial charge in [-0.1, -0.05) is 6.07 Å². The van der Waals surface area contributed by atoms with E-state index in [2.05, 4.69) is 28.4 Å². The number of anilines is 1. The summed E-state index contributed by atoms with van der Waals surface area (Å²) in [6.45, 7) is 4.56. The lowest BCUT2D eigenvalue weighted by Gasteiger charge is -2.11. The highest BCUT2D eigenvalue weighted by Gasteiger charge is 2.15. The number of hydrogen-bond acceptors (Lipinski definition) is 4. The quantitative estimate of drug-likeness (QED) is 0.893. The molecule has 0 aliphatic carbocycles. The Morgan fingerprint density at radius 2 is 1.90 bits per heavy atom. The molecule has 2 aromatic rings. The van der Waals surface area contributed by atoms with Crippen molar-refractivity contribution >= 4 is 27.0 Å². The molecule has 0 aliphatic rings. The molecule has 4 nitrogen and oxygen atoms in total. The summed E-state index contributed by atoms with van der Waals surface area (Å²) in [7, 11) is -2.00. The van der Waals surface area contributed by atoms with Gasteiger partial charge in [0, 0.05) is 17.1 Å². The van der Waals surface area contributed by atoms with Crippen molar-refractivity contribution in [2.75, 3.05) is 12.4 Å². The van der Waals surface area contributed by atoms with Crippen molar-refractivity contribution in [3.8, 4) is 0 Å². The summed E-state index contributed by atoms with van der Waals surface area (Å²) < 4.78 is 26.2. The normalized spacial score (nSPS) is 11.6. The topological polar surface area (TPSA) is 58.2 Å². The summed E-state index contributed by atoms with van der Waals surface area (Å²) in [5.74, 6) is 0. The fraction of sp³-hybridized carbons (Fsp3) is 0.286. The van der Waals surface area contributed by atoms with Crippen molar-refractivity contribution in [1.82, 2.24) is 4.72 Å². The van der Waals surface area contributed by atoms with Crippen LogP contribution in [0.1, 0.15) is 16.0 Å². The van der Waals surface area contributed by atoms with Crippen LogP contribution in [0.15, 0.2) is 34.5 Å². The second-order valence-corrected chi connectivity index (χ2v) is 7.42. The van der Waals surface area contributed by atoms with Crippen LogP contribution in [-0.4, -0.2) is 15.5 Å². The molecule has 0 saturated carbocycles. The molecule has 0 spiro atoms. The van der Waals surface area contributed by atoms with E-state index < -0.39 is 10.0 Å². The van der Waals surface area contributed by atoms with Crippen molar-refractivity contribution in [3.05, 3.63) is 45.6 Å². The summed E-state index contributed by atoms with van der Waals surface area (Å²) in [5.41, 5.74) is 2.78. The van der Waals surface area contributed by atoms with Gasteiger partial charge in [0.15, 0.2) is 0 Å². The molecule has 1 aromatic heterocycles. The fourth-order valence-corrected chi connectivity index (χ4v) is 3.72. The predicted molar refractivity (Wildman–Crippen MR) is 83.8 cm³/mol. The molecule has 0 saturated heterocycles. The maximum absolute atomic E-state index is 11.9. The van der Waals surface area contributed by atoms with Crippen molar-refractivity contribution < 1.29 is 8.42 Å². The Balaban J connectivity index is 2.22. The van der Waals surface area contributed by atoms with E-state index >= 15 is 0 Å². The van der Waals surface area contributed by atoms with Gasteiger partial charge in [-0.3, -0.25) is 0 Å². The van der Waals surface area contributed by atoms with Crippen LogP contribution >= 0.6 is 11.3 Å². The molecule has 2 rings (SSSR count). The first kappa shape index (κ1) is 15.0. The van der Waals surface area contributed by atoms with Gasteiger partial charge in [0.25, 0.3) is 0 Å². The molecule has 0 atom stereocenters. The molecular formula is C14H18N2O2S2. The smallest absolute Gasteiger partial charge is 0.240 e. The minimum Gasteiger partial charge on any atom is -0.380 e. The van der Waals surface area contributed by atoms with Crippen molar-refractivity contribution in [2.45, 2.75) is 25.3 Å². The van der Waals surface area contributed by atoms with E-state index in [9.17, 15) is 8.42 Å². The van der Waals surface area contributed by atoms with Crippen LogP contribution in [0.25, 0.3) is 0 Å². The molecule has 0 unspecified atom stereocenters. The first-order valence-electron chi connectivity index (χ1n) is 6.25. The Hall–Kier alpha value is -1.37. The minimum atomic E-state index is -3.42. The number of benzene rings is 1. The third-order valence-electron chi connectivity index (χ3n) is 3.17. The highest BCUT2D eigenvalue weighted by atomic mass is 32.2. The van der Waals surface area contributed by atoms with Crippen LogP contribution in [0.5, 0.6) is 0 Å². The molecule has 108 valence electrons. The average Bonchev–Trinajstić information content (AvgIpc) is 2.83. The van der Waals surface area contributed by atoms with E-state index in [1.807, 2.05) is 12.1 Å². The first-order chi connectivity index (χ1) is 9.44. The Morgan fingerprint density at radius 3 is 2.50 bits per heavy atom. The minimum absolute atomic E-state index is 0.313. The maximum atomic E-state index is 11.9. The number of nitrogens with one attached hydrogen (secondary N) is 2. The van der Waals surface area contributed by atoms with Crippen LogP contribution in [0.2, 0.25) is 0 Å². The van der Waals surface area contributed by atoms with Crippen LogP contribution in [0.4, 0.5) is 5.69 Å². The second kappa shape index (κ2) is 5.95. The monoisotopic (exact) mass is 310 g/mol. The van der Waals surface area contributed by atoms with Crippen LogP contribution in [0.3, 0.4) is 0 Å². The first-order valence-corrected chi connectivity index (χ1v) is 8.61. The number of aryl methyl sites for hydroxylation is 2. The molecule has 0 aliphatic heterocycles. The summed E-state index contributed by atoms with van der Waals surface area (Å²) in [6, 6.07) is 7.46. The third kappa shape index (κ3) is 3.20. The Kier molecular flexibility index (Phi) is 4.47. The lowest BCUT2D eigenvalue weighted by Crippen LogP contribution is -2.19. The largest absolute Gasteiger partial charge is 0.380 e. The molecule has 0 fully saturated rings. The zero-order valence-corrected chi connectivity index (χ0v) is 13.4. The fourth-order valence-electron chi connectivity index (χ4n) is 1.88. The molecule has 1 aromatic carbocycles. The average molecular weight is 310 g/mol. The summed E-state index contributed by atoms with van der Waals surface area (Å²) in [6.07, 6.45) is 0. The lowest BCUT2D eigenvalue weighted by atomic mass is 10.2. The van der Waals surface area contributed by atoms with Crippen molar-refractivity contribution in [1.29, 1.82) is 0 Å². The van der Waals surface area contributed by atoms with E-state index in [-0.39, 0.29) is 0 Å². The summed E-state index contributed by atoms with van der Waals surface area (Å²) in [5, 5.41) is 5.32. The Bertz CT molecular complexity index is 706. The van der Waals surface area contributed by atoms with Crippen molar-refractivity contribution in [3.63, 3.8) is 0 Å². The van der Waals surface area contributed by atoms with Gasteiger partial charge in [0.2, 0.25) is 10.0 Å². The predicted octanol–water partition coefficient (Wildman–Crippen LogP) is 2.89. The zero-order valence-electron chi connectivity index (χ0n) is 11.7. The van der Waals surface area contributed by atoms with Gasteiger partial charge < -0.3 is 5.32 Å². The van der Waals surface area contributed by atoms with Crippen LogP contribution in [0, 0.1) is 13.8 Å². The second-order valence-electron chi connectivity index (χ2n) is 4.57. The molecule has 0 bridgehead atoms. The van der Waals surface area contributed by atoms with Gasteiger partial charge in [-0.25, -0.2) is 13.1 Å². The molecule has 20 heavy (non-hydrogen) atoms. The highest BCUT2D eigenvalue weighted by molar-refractivity contribution is 7.89. The summed E-state index contributed by atoms with van der Waals surface area (Å²) in [4.78, 5) is 1.57. The van der Waals surface area contributed by atoms with Gasteiger partial charge in [0.05, 0.1) is 4.90 Å². The standard InChI is InChI=1S/C14H18N2O2S2/c1-10-6-7-19-13(10)9-16-12-5-4-11(2)14(8-12)20(17,18)15-3/h4-8,15-16H,9H2,1-3H3. The number of thiophene rings is 1. The third-order valence-corrected chi connectivity index (χ3v) is 5.75. The molecule has 1 heterocycles. The molecule has 6 heteroatoms. The van der Waals surface area contributed by atoms with E-state index in [0.29, 0.717) is 11.4 Å². The van der Waals surface area contributed by atoms with Crippen LogP contribution < -0.4 is 10.0 Å². The van der Waals surface area contributed by atoms with Gasteiger partial charge in [-0.2, -0.15) is 0 Å². The molecule has 0 radical (unpaired) electrons. The maximum Gasteiger partial charge on any atom is 0.240 e. The van der Waals surface area contributed by atoms with E-state index in [0.717, 1.165) is 11.3 Å². The van der Waals surface area contributed by atoms with E-state index in [1.54, 1.807) is 24.3 Å². The van der Waals surface area contributed by atoms with Gasteiger partial charge in [0.1, 0.15) is 0 Å².